The van der Waals surface area contributed by atoms with Gasteiger partial charge < -0.3 is 0 Å². The van der Waals surface area contributed by atoms with Crippen LogP contribution in [0, 0.1) is 4.91 Å². The van der Waals surface area contributed by atoms with Crippen LogP contribution < -0.4 is 0 Å². The molecule has 2 nitrogen and oxygen atoms in total. The lowest BCUT2D eigenvalue weighted by Gasteiger charge is -1.92. The minimum Gasteiger partial charge on any atom is -0.147 e. The van der Waals surface area contributed by atoms with Gasteiger partial charge in [-0.15, -0.1) is 4.91 Å². The van der Waals surface area contributed by atoms with E-state index >= 15 is 0 Å². The highest BCUT2D eigenvalue weighted by molar-refractivity contribution is 9.26. The normalized spacial score (nSPS) is 11.2. The van der Waals surface area contributed by atoms with Crippen LogP contribution in [0.5, 0.6) is 0 Å². The summed E-state index contributed by atoms with van der Waals surface area (Å²) >= 11 is 10.4. The average Bonchev–Trinajstić information content (AvgIpc) is 1.35. The number of hydrogen-bond acceptors (Lipinski definition) is 2. The Morgan fingerprint density at radius 1 is 1.67 bits per heavy atom. The molecule has 0 aliphatic carbocycles. The van der Waals surface area contributed by atoms with E-state index in [1.54, 1.807) is 0 Å². The number of hydrogen-bond donors (Lipinski definition) is 0. The Bertz CT molecular complexity index is 59.1. The van der Waals surface area contributed by atoms with E-state index in [4.69, 9.17) is 11.6 Å². The van der Waals surface area contributed by atoms with E-state index in [1.165, 1.54) is 0 Å². The van der Waals surface area contributed by atoms with Crippen LogP contribution in [0.1, 0.15) is 0 Å². The van der Waals surface area contributed by atoms with Crippen molar-refractivity contribution in [2.24, 2.45) is 5.18 Å². The molecule has 0 aromatic carbocycles. The predicted octanol–water partition coefficient (Wildman–Crippen LogP) is 2.39. The lowest BCUT2D eigenvalue weighted by atomic mass is 11.5. The lowest BCUT2D eigenvalue weighted by molar-refractivity contribution is 1.23. The summed E-state index contributed by atoms with van der Waals surface area (Å²) in [5.74, 6) is 0. The van der Waals surface area contributed by atoms with E-state index in [-0.39, 0.29) is 0 Å². The van der Waals surface area contributed by atoms with Gasteiger partial charge in [-0.25, -0.2) is 0 Å². The molecule has 0 aliphatic heterocycles. The minimum absolute atomic E-state index is 1.29. The van der Waals surface area contributed by atoms with E-state index in [0.29, 0.717) is 0 Å². The van der Waals surface area contributed by atoms with Crippen LogP contribution in [-0.4, -0.2) is 2.82 Å². The number of halogens is 3. The molecule has 36 valence electrons. The molecule has 6 heavy (non-hydrogen) atoms. The van der Waals surface area contributed by atoms with Crippen LogP contribution in [0.2, 0.25) is 0 Å². The molecule has 0 bridgehead atoms. The quantitative estimate of drug-likeness (QED) is 0.391. The SMILES string of the molecule is O=NC(Cl)(Br)Br. The first kappa shape index (κ1) is 6.85. The fourth-order valence-corrected chi connectivity index (χ4v) is 0. The van der Waals surface area contributed by atoms with Crippen molar-refractivity contribution in [1.29, 1.82) is 0 Å². The average molecular weight is 237 g/mol. The summed E-state index contributed by atoms with van der Waals surface area (Å²) in [6.07, 6.45) is 0. The number of alkyl halides is 3. The summed E-state index contributed by atoms with van der Waals surface area (Å²) in [7, 11) is 0. The third-order valence-corrected chi connectivity index (χ3v) is 0.462. The molecule has 0 radical (unpaired) electrons. The Morgan fingerprint density at radius 3 is 1.83 bits per heavy atom. The molecule has 0 rings (SSSR count). The molecule has 0 atom stereocenters. The van der Waals surface area contributed by atoms with E-state index < -0.39 is 2.82 Å². The second-order valence-corrected chi connectivity index (χ2v) is 5.38. The van der Waals surface area contributed by atoms with Gasteiger partial charge in [-0.2, -0.15) is 0 Å². The van der Waals surface area contributed by atoms with Crippen molar-refractivity contribution in [3.63, 3.8) is 0 Å². The van der Waals surface area contributed by atoms with Crippen molar-refractivity contribution in [3.8, 4) is 0 Å². The maximum absolute atomic E-state index is 9.35. The van der Waals surface area contributed by atoms with Crippen molar-refractivity contribution in [1.82, 2.24) is 0 Å². The van der Waals surface area contributed by atoms with E-state index in [0.717, 1.165) is 0 Å². The maximum atomic E-state index is 9.35. The summed E-state index contributed by atoms with van der Waals surface area (Å²) in [5.41, 5.74) is 0. The van der Waals surface area contributed by atoms with Gasteiger partial charge >= 0.3 is 0 Å². The first-order valence-electron chi connectivity index (χ1n) is 0.973. The van der Waals surface area contributed by atoms with Crippen LogP contribution in [-0.2, 0) is 0 Å². The molecule has 0 aromatic rings. The van der Waals surface area contributed by atoms with Crippen molar-refractivity contribution < 1.29 is 0 Å². The van der Waals surface area contributed by atoms with Gasteiger partial charge in [-0.1, -0.05) is 11.6 Å². The molecular formula is CBr2ClNO. The molecule has 0 unspecified atom stereocenters. The van der Waals surface area contributed by atoms with Gasteiger partial charge in [0.25, 0.3) is 2.82 Å². The Labute approximate surface area is 56.5 Å². The van der Waals surface area contributed by atoms with Crippen molar-refractivity contribution in [2.75, 3.05) is 0 Å². The topological polar surface area (TPSA) is 29.4 Å². The molecule has 0 aliphatic rings. The highest BCUT2D eigenvalue weighted by Crippen LogP contribution is 2.31. The fraction of sp³-hybridized carbons (Fsp3) is 1.00. The largest absolute Gasteiger partial charge is 0.283 e. The zero-order valence-corrected chi connectivity index (χ0v) is 6.42. The summed E-state index contributed by atoms with van der Waals surface area (Å²) in [4.78, 5) is 9.35. The predicted molar refractivity (Wildman–Crippen MR) is 32.2 cm³/mol. The van der Waals surface area contributed by atoms with Gasteiger partial charge in [0.15, 0.2) is 0 Å². The van der Waals surface area contributed by atoms with E-state index in [1.807, 2.05) is 0 Å². The summed E-state index contributed by atoms with van der Waals surface area (Å²) in [6, 6.07) is 0. The monoisotopic (exact) mass is 235 g/mol. The maximum Gasteiger partial charge on any atom is 0.283 e. The van der Waals surface area contributed by atoms with Crippen LogP contribution in [0.25, 0.3) is 0 Å². The number of nitrogens with zero attached hydrogens (tertiary/aromatic N) is 1. The van der Waals surface area contributed by atoms with Crippen LogP contribution in [0.4, 0.5) is 0 Å². The molecule has 0 heterocycles. The van der Waals surface area contributed by atoms with Gasteiger partial charge in [0.05, 0.1) is 0 Å². The molecule has 0 spiro atoms. The first-order chi connectivity index (χ1) is 2.56. The molecule has 0 saturated heterocycles. The minimum atomic E-state index is -1.29. The Balaban J connectivity index is 3.45. The number of rotatable bonds is 1. The van der Waals surface area contributed by atoms with Gasteiger partial charge in [-0.05, 0) is 37.0 Å². The summed E-state index contributed by atoms with van der Waals surface area (Å²) < 4.78 is -1.29. The van der Waals surface area contributed by atoms with Gasteiger partial charge in [0, 0.05) is 0 Å². The van der Waals surface area contributed by atoms with E-state index in [9.17, 15) is 4.91 Å². The van der Waals surface area contributed by atoms with Crippen molar-refractivity contribution in [2.45, 2.75) is 2.82 Å². The van der Waals surface area contributed by atoms with Gasteiger partial charge in [0.1, 0.15) is 0 Å². The highest BCUT2D eigenvalue weighted by atomic mass is 79.9. The number of nitroso groups, excluding NO2 is 1. The van der Waals surface area contributed by atoms with Gasteiger partial charge in [-0.3, -0.25) is 0 Å². The Hall–Kier alpha value is 0.850. The molecule has 0 amide bonds. The highest BCUT2D eigenvalue weighted by Gasteiger charge is 2.16. The fourth-order valence-electron chi connectivity index (χ4n) is 0. The molecule has 0 aromatic heterocycles. The van der Waals surface area contributed by atoms with Crippen molar-refractivity contribution in [3.05, 3.63) is 4.91 Å². The molecule has 0 N–H and O–H groups in total. The second kappa shape index (κ2) is 2.23. The van der Waals surface area contributed by atoms with E-state index in [2.05, 4.69) is 37.0 Å². The third-order valence-electron chi connectivity index (χ3n) is 0.104. The zero-order valence-electron chi connectivity index (χ0n) is 2.49. The van der Waals surface area contributed by atoms with Crippen LogP contribution in [0.15, 0.2) is 5.18 Å². The second-order valence-electron chi connectivity index (χ2n) is 0.559. The molecule has 0 saturated carbocycles. The summed E-state index contributed by atoms with van der Waals surface area (Å²) in [5, 5.41) is 2.37. The zero-order chi connectivity index (χ0) is 5.21. The smallest absolute Gasteiger partial charge is 0.147 e. The first-order valence-corrected chi connectivity index (χ1v) is 2.94. The lowest BCUT2D eigenvalue weighted by Crippen LogP contribution is -1.88. The van der Waals surface area contributed by atoms with Crippen molar-refractivity contribution >= 4 is 43.5 Å². The standard InChI is InChI=1S/CBr2ClNO/c2-1(3,4)5-6. The Kier molecular flexibility index (Phi) is 2.55. The van der Waals surface area contributed by atoms with Gasteiger partial charge in [0.2, 0.25) is 0 Å². The van der Waals surface area contributed by atoms with Crippen LogP contribution in [0.3, 0.4) is 0 Å². The third kappa shape index (κ3) is 4.85. The Morgan fingerprint density at radius 2 is 1.83 bits per heavy atom. The molecule has 0 fully saturated rings. The van der Waals surface area contributed by atoms with Crippen LogP contribution >= 0.6 is 43.5 Å². The molecular weight excluding hydrogens is 237 g/mol. The molecule has 5 heteroatoms. The summed E-state index contributed by atoms with van der Waals surface area (Å²) in [6.45, 7) is 0.